The molecular weight excluding hydrogens is 563 g/mol. The Morgan fingerprint density at radius 1 is 1.07 bits per heavy atom. The summed E-state index contributed by atoms with van der Waals surface area (Å²) in [5, 5.41) is 4.79. The van der Waals surface area contributed by atoms with E-state index in [0.29, 0.717) is 23.9 Å². The number of carbonyl (C=O) groups excluding carboxylic acids is 1. The molecule has 1 aliphatic heterocycles. The maximum absolute atomic E-state index is 13.9. The van der Waals surface area contributed by atoms with Gasteiger partial charge in [0.1, 0.15) is 16.7 Å². The Balaban J connectivity index is 1.37. The van der Waals surface area contributed by atoms with Crippen molar-refractivity contribution in [2.75, 3.05) is 13.7 Å². The molecule has 1 atom stereocenters. The van der Waals surface area contributed by atoms with Gasteiger partial charge in [-0.3, -0.25) is 4.79 Å². The second-order valence-electron chi connectivity index (χ2n) is 9.56. The number of ether oxygens (including phenoxy) is 2. The van der Waals surface area contributed by atoms with Gasteiger partial charge in [0.25, 0.3) is 0 Å². The van der Waals surface area contributed by atoms with E-state index in [2.05, 4.69) is 10.3 Å². The predicted molar refractivity (Wildman–Crippen MR) is 146 cm³/mol. The molecule has 0 saturated heterocycles. The second kappa shape index (κ2) is 10.5. The van der Waals surface area contributed by atoms with Crippen molar-refractivity contribution in [2.45, 2.75) is 38.1 Å². The highest BCUT2D eigenvalue weighted by Gasteiger charge is 2.38. The molecule has 6 rings (SSSR count). The normalized spacial score (nSPS) is 16.4. The Hall–Kier alpha value is -3.47. The van der Waals surface area contributed by atoms with Crippen molar-refractivity contribution in [3.8, 4) is 33.5 Å². The van der Waals surface area contributed by atoms with Crippen LogP contribution in [0.4, 0.5) is 13.2 Å². The topological polar surface area (TPSA) is 73.3 Å². The van der Waals surface area contributed by atoms with E-state index in [-0.39, 0.29) is 17.7 Å². The number of nitrogens with one attached hydrogen (secondary N) is 1. The van der Waals surface area contributed by atoms with Crippen LogP contribution in [-0.4, -0.2) is 29.9 Å². The molecule has 4 aromatic rings. The van der Waals surface area contributed by atoms with Crippen LogP contribution in [0, 0.1) is 0 Å². The van der Waals surface area contributed by atoms with E-state index in [0.717, 1.165) is 58.0 Å². The second-order valence-corrected chi connectivity index (χ2v) is 11.0. The number of pyridine rings is 1. The number of fused-ring (bicyclic) bond motifs is 2. The first kappa shape index (κ1) is 26.7. The van der Waals surface area contributed by atoms with Crippen molar-refractivity contribution in [3.63, 3.8) is 0 Å². The number of hydrogen-bond acceptors (Lipinski definition) is 7. The molecular formula is C29H23ClF3N3O3S. The average Bonchev–Trinajstić information content (AvgIpc) is 3.56. The van der Waals surface area contributed by atoms with E-state index in [1.807, 2.05) is 36.4 Å². The van der Waals surface area contributed by atoms with E-state index in [1.165, 1.54) is 12.0 Å². The summed E-state index contributed by atoms with van der Waals surface area (Å²) in [7, 11) is 1.24. The third kappa shape index (κ3) is 4.74. The van der Waals surface area contributed by atoms with E-state index < -0.39 is 23.7 Å². The summed E-state index contributed by atoms with van der Waals surface area (Å²) < 4.78 is 52.5. The van der Waals surface area contributed by atoms with Crippen LogP contribution in [0.15, 0.2) is 42.5 Å². The van der Waals surface area contributed by atoms with Crippen molar-refractivity contribution in [3.05, 3.63) is 80.3 Å². The van der Waals surface area contributed by atoms with Gasteiger partial charge in [-0.25, -0.2) is 4.98 Å². The molecule has 11 heteroatoms. The lowest BCUT2D eigenvalue weighted by Crippen LogP contribution is -2.22. The minimum absolute atomic E-state index is 0.229. The lowest BCUT2D eigenvalue weighted by molar-refractivity contribution is -0.139. The number of rotatable bonds is 6. The number of thiazole rings is 1. The number of aromatic nitrogens is 2. The molecule has 40 heavy (non-hydrogen) atoms. The molecule has 0 amide bonds. The van der Waals surface area contributed by atoms with Gasteiger partial charge in [-0.15, -0.1) is 11.3 Å². The molecule has 0 bridgehead atoms. The average molecular weight is 586 g/mol. The maximum Gasteiger partial charge on any atom is 0.421 e. The van der Waals surface area contributed by atoms with Crippen LogP contribution < -0.4 is 14.8 Å². The first-order chi connectivity index (χ1) is 19.3. The molecule has 2 aromatic heterocycles. The first-order valence-electron chi connectivity index (χ1n) is 12.7. The molecule has 206 valence electrons. The largest absolute Gasteiger partial charge is 0.480 e. The maximum atomic E-state index is 13.9. The van der Waals surface area contributed by atoms with Crippen LogP contribution in [0.1, 0.15) is 50.1 Å². The number of carbonyl (C=O) groups is 1. The number of nitrogens with zero attached hydrogens (tertiary/aromatic N) is 2. The van der Waals surface area contributed by atoms with Crippen molar-refractivity contribution < 1.29 is 27.4 Å². The lowest BCUT2D eigenvalue weighted by atomic mass is 9.95. The molecule has 0 spiro atoms. The number of halogens is 4. The van der Waals surface area contributed by atoms with Gasteiger partial charge >= 0.3 is 6.18 Å². The van der Waals surface area contributed by atoms with Gasteiger partial charge in [-0.2, -0.15) is 18.2 Å². The van der Waals surface area contributed by atoms with Gasteiger partial charge < -0.3 is 14.8 Å². The SMILES string of the molecule is COc1nc(O[C@H]2CCc3c(-c4cccc(-c5nc6c(s5)CCNC6)c4Cl)cccc32)c(C(F)(F)F)cc1C=O. The third-order valence-electron chi connectivity index (χ3n) is 7.19. The summed E-state index contributed by atoms with van der Waals surface area (Å²) in [6.45, 7) is 1.67. The quantitative estimate of drug-likeness (QED) is 0.244. The Morgan fingerprint density at radius 3 is 2.60 bits per heavy atom. The standard InChI is InChI=1S/C29H23ClF3N3O3S/c1-38-26-15(14-37)12-21(29(31,32)33)27(36-26)39-23-9-8-17-16(4-2-5-18(17)23)19-6-3-7-20(25(19)30)28-35-22-13-34-11-10-24(22)40-28/h2-7,12,14,23,34H,8-11,13H2,1H3/t23-/m0/s1. The monoisotopic (exact) mass is 585 g/mol. The summed E-state index contributed by atoms with van der Waals surface area (Å²) in [5.41, 5.74) is 3.93. The molecule has 0 saturated carbocycles. The molecule has 1 N–H and O–H groups in total. The Kier molecular flexibility index (Phi) is 7.02. The van der Waals surface area contributed by atoms with Gasteiger partial charge in [0.05, 0.1) is 23.4 Å². The zero-order chi connectivity index (χ0) is 28.0. The molecule has 0 fully saturated rings. The van der Waals surface area contributed by atoms with Crippen molar-refractivity contribution >= 4 is 29.2 Å². The minimum atomic E-state index is -4.77. The van der Waals surface area contributed by atoms with Crippen molar-refractivity contribution in [1.82, 2.24) is 15.3 Å². The fraction of sp³-hybridized carbons (Fsp3) is 0.276. The fourth-order valence-corrected chi connectivity index (χ4v) is 6.79. The smallest absolute Gasteiger partial charge is 0.421 e. The Morgan fingerprint density at radius 2 is 1.85 bits per heavy atom. The van der Waals surface area contributed by atoms with Crippen LogP contribution in [-0.2, 0) is 25.6 Å². The molecule has 0 radical (unpaired) electrons. The first-order valence-corrected chi connectivity index (χ1v) is 13.9. The van der Waals surface area contributed by atoms with E-state index in [4.69, 9.17) is 26.1 Å². The van der Waals surface area contributed by atoms with E-state index in [1.54, 1.807) is 11.3 Å². The summed E-state index contributed by atoms with van der Waals surface area (Å²) in [5.74, 6) is -0.853. The van der Waals surface area contributed by atoms with Crippen LogP contribution >= 0.6 is 22.9 Å². The fourth-order valence-electron chi connectivity index (χ4n) is 5.31. The molecule has 3 heterocycles. The van der Waals surface area contributed by atoms with Gasteiger partial charge in [-0.1, -0.05) is 48.0 Å². The summed E-state index contributed by atoms with van der Waals surface area (Å²) in [4.78, 5) is 21.3. The van der Waals surface area contributed by atoms with E-state index >= 15 is 0 Å². The van der Waals surface area contributed by atoms with Crippen molar-refractivity contribution in [2.24, 2.45) is 0 Å². The molecule has 6 nitrogen and oxygen atoms in total. The highest BCUT2D eigenvalue weighted by Crippen LogP contribution is 2.46. The molecule has 2 aromatic carbocycles. The minimum Gasteiger partial charge on any atom is -0.480 e. The molecule has 2 aliphatic rings. The number of alkyl halides is 3. The highest BCUT2D eigenvalue weighted by molar-refractivity contribution is 7.15. The zero-order valence-electron chi connectivity index (χ0n) is 21.3. The van der Waals surface area contributed by atoms with Crippen LogP contribution in [0.25, 0.3) is 21.7 Å². The van der Waals surface area contributed by atoms with Gasteiger partial charge in [0.15, 0.2) is 6.29 Å². The summed E-state index contributed by atoms with van der Waals surface area (Å²) in [6, 6.07) is 12.2. The lowest BCUT2D eigenvalue weighted by Gasteiger charge is -2.20. The zero-order valence-corrected chi connectivity index (χ0v) is 22.8. The van der Waals surface area contributed by atoms with Crippen LogP contribution in [0.3, 0.4) is 0 Å². The van der Waals surface area contributed by atoms with E-state index in [9.17, 15) is 18.0 Å². The highest BCUT2D eigenvalue weighted by atomic mass is 35.5. The van der Waals surface area contributed by atoms with Gasteiger partial charge in [-0.05, 0) is 42.0 Å². The number of hydrogen-bond donors (Lipinski definition) is 1. The van der Waals surface area contributed by atoms with Gasteiger partial charge in [0.2, 0.25) is 11.8 Å². The molecule has 1 aliphatic carbocycles. The Bertz CT molecular complexity index is 1600. The Labute approximate surface area is 237 Å². The summed E-state index contributed by atoms with van der Waals surface area (Å²) in [6.07, 6.45) is -3.19. The molecule has 0 unspecified atom stereocenters. The predicted octanol–water partition coefficient (Wildman–Crippen LogP) is 7.08. The number of benzene rings is 2. The van der Waals surface area contributed by atoms with Crippen molar-refractivity contribution in [1.29, 1.82) is 0 Å². The number of methoxy groups -OCH3 is 1. The van der Waals surface area contributed by atoms with Crippen LogP contribution in [0.2, 0.25) is 5.02 Å². The third-order valence-corrected chi connectivity index (χ3v) is 8.79. The van der Waals surface area contributed by atoms with Gasteiger partial charge in [0, 0.05) is 29.1 Å². The summed E-state index contributed by atoms with van der Waals surface area (Å²) >= 11 is 8.64. The number of aldehydes is 1. The van der Waals surface area contributed by atoms with Crippen LogP contribution in [0.5, 0.6) is 11.8 Å².